The number of amides is 1. The van der Waals surface area contributed by atoms with Gasteiger partial charge in [-0.05, 0) is 37.5 Å². The van der Waals surface area contributed by atoms with E-state index >= 15 is 0 Å². The molecule has 0 bridgehead atoms. The van der Waals surface area contributed by atoms with Gasteiger partial charge in [0.15, 0.2) is 0 Å². The van der Waals surface area contributed by atoms with Crippen molar-refractivity contribution in [1.82, 2.24) is 4.90 Å². The van der Waals surface area contributed by atoms with Crippen LogP contribution in [-0.4, -0.2) is 35.1 Å². The van der Waals surface area contributed by atoms with Gasteiger partial charge in [0.2, 0.25) is 0 Å². The Bertz CT molecular complexity index is 451. The summed E-state index contributed by atoms with van der Waals surface area (Å²) < 4.78 is 0.831. The van der Waals surface area contributed by atoms with Crippen LogP contribution < -0.4 is 5.73 Å². The number of carbonyl (C=O) groups is 1. The number of hydrogen-bond donors (Lipinski definition) is 2. The smallest absolute Gasteiger partial charge is 0.256 e. The Morgan fingerprint density at radius 3 is 3.00 bits per heavy atom. The van der Waals surface area contributed by atoms with Gasteiger partial charge in [-0.1, -0.05) is 15.9 Å². The summed E-state index contributed by atoms with van der Waals surface area (Å²) in [5.41, 5.74) is 6.83. The minimum atomic E-state index is -0.0902. The summed E-state index contributed by atoms with van der Waals surface area (Å²) in [4.78, 5) is 14.2. The zero-order valence-electron chi connectivity index (χ0n) is 10.1. The summed E-state index contributed by atoms with van der Waals surface area (Å²) in [6.45, 7) is 0.704. The predicted molar refractivity (Wildman–Crippen MR) is 74.3 cm³/mol. The molecule has 1 aliphatic rings. The fraction of sp³-hybridized carbons (Fsp3) is 0.462. The zero-order valence-corrected chi connectivity index (χ0v) is 11.7. The van der Waals surface area contributed by atoms with Crippen LogP contribution in [0.15, 0.2) is 22.7 Å². The maximum Gasteiger partial charge on any atom is 0.256 e. The first-order valence-corrected chi connectivity index (χ1v) is 6.89. The number of anilines is 1. The number of aliphatic hydroxyl groups is 1. The number of rotatable bonds is 2. The molecule has 1 atom stereocenters. The lowest BCUT2D eigenvalue weighted by Gasteiger charge is -2.34. The van der Waals surface area contributed by atoms with Crippen LogP contribution in [0.5, 0.6) is 0 Å². The van der Waals surface area contributed by atoms with E-state index in [9.17, 15) is 9.90 Å². The number of likely N-dealkylation sites (tertiary alicyclic amines) is 1. The number of halogens is 1. The first kappa shape index (κ1) is 13.4. The molecule has 1 unspecified atom stereocenters. The number of carbonyl (C=O) groups excluding carboxylic acids is 1. The maximum atomic E-state index is 12.5. The van der Waals surface area contributed by atoms with Crippen LogP contribution in [0.2, 0.25) is 0 Å². The van der Waals surface area contributed by atoms with E-state index in [4.69, 9.17) is 5.73 Å². The molecule has 1 aromatic carbocycles. The fourth-order valence-corrected chi connectivity index (χ4v) is 2.69. The van der Waals surface area contributed by atoms with Crippen LogP contribution in [0.1, 0.15) is 29.6 Å². The van der Waals surface area contributed by atoms with E-state index in [1.54, 1.807) is 17.0 Å². The minimum absolute atomic E-state index is 0.0135. The third kappa shape index (κ3) is 2.67. The molecule has 0 spiro atoms. The van der Waals surface area contributed by atoms with Crippen LogP contribution in [0.3, 0.4) is 0 Å². The van der Waals surface area contributed by atoms with Crippen LogP contribution in [0.4, 0.5) is 5.69 Å². The Morgan fingerprint density at radius 2 is 2.28 bits per heavy atom. The molecule has 0 aliphatic carbocycles. The highest BCUT2D eigenvalue weighted by Crippen LogP contribution is 2.24. The van der Waals surface area contributed by atoms with Crippen LogP contribution in [0.25, 0.3) is 0 Å². The lowest BCUT2D eigenvalue weighted by Crippen LogP contribution is -2.45. The van der Waals surface area contributed by atoms with Gasteiger partial charge in [0, 0.05) is 16.7 Å². The highest BCUT2D eigenvalue weighted by Gasteiger charge is 2.27. The summed E-state index contributed by atoms with van der Waals surface area (Å²) in [5.74, 6) is -0.0902. The van der Waals surface area contributed by atoms with E-state index in [0.717, 1.165) is 23.7 Å². The number of aliphatic hydroxyl groups excluding tert-OH is 1. The largest absolute Gasteiger partial charge is 0.398 e. The molecular formula is C13H17BrN2O2. The molecule has 2 rings (SSSR count). The second-order valence-corrected chi connectivity index (χ2v) is 5.48. The summed E-state index contributed by atoms with van der Waals surface area (Å²) in [6, 6.07) is 5.19. The van der Waals surface area contributed by atoms with Crippen molar-refractivity contribution in [3.8, 4) is 0 Å². The van der Waals surface area contributed by atoms with E-state index in [-0.39, 0.29) is 18.6 Å². The van der Waals surface area contributed by atoms with Crippen molar-refractivity contribution >= 4 is 27.5 Å². The molecule has 0 radical (unpaired) electrons. The summed E-state index contributed by atoms with van der Waals surface area (Å²) in [6.07, 6.45) is 2.90. The summed E-state index contributed by atoms with van der Waals surface area (Å²) in [5, 5.41) is 9.35. The van der Waals surface area contributed by atoms with Crippen molar-refractivity contribution < 1.29 is 9.90 Å². The molecule has 1 fully saturated rings. The van der Waals surface area contributed by atoms with Gasteiger partial charge in [0.05, 0.1) is 18.2 Å². The van der Waals surface area contributed by atoms with Crippen molar-refractivity contribution in [3.63, 3.8) is 0 Å². The topological polar surface area (TPSA) is 66.6 Å². The molecule has 1 saturated heterocycles. The SMILES string of the molecule is Nc1ccc(Br)cc1C(=O)N1CCCCC1CO. The van der Waals surface area contributed by atoms with Crippen LogP contribution in [0, 0.1) is 0 Å². The number of benzene rings is 1. The first-order valence-electron chi connectivity index (χ1n) is 6.10. The Morgan fingerprint density at radius 1 is 1.50 bits per heavy atom. The van der Waals surface area contributed by atoms with Gasteiger partial charge in [-0.15, -0.1) is 0 Å². The maximum absolute atomic E-state index is 12.5. The average molecular weight is 313 g/mol. The number of nitrogens with zero attached hydrogens (tertiary/aromatic N) is 1. The molecule has 18 heavy (non-hydrogen) atoms. The third-order valence-electron chi connectivity index (χ3n) is 3.34. The molecule has 98 valence electrons. The molecular weight excluding hydrogens is 296 g/mol. The van der Waals surface area contributed by atoms with Gasteiger partial charge < -0.3 is 15.7 Å². The molecule has 4 nitrogen and oxygen atoms in total. The average Bonchev–Trinajstić information content (AvgIpc) is 2.40. The Labute approximate surface area is 115 Å². The molecule has 1 aliphatic heterocycles. The Balaban J connectivity index is 2.26. The zero-order chi connectivity index (χ0) is 13.1. The standard InChI is InChI=1S/C13H17BrN2O2/c14-9-4-5-12(15)11(7-9)13(18)16-6-2-1-3-10(16)8-17/h4-5,7,10,17H,1-3,6,8,15H2. The van der Waals surface area contributed by atoms with E-state index < -0.39 is 0 Å². The Hall–Kier alpha value is -1.07. The lowest BCUT2D eigenvalue weighted by molar-refractivity contribution is 0.0504. The van der Waals surface area contributed by atoms with Crippen molar-refractivity contribution in [2.75, 3.05) is 18.9 Å². The predicted octanol–water partition coefficient (Wildman–Crippen LogP) is 2.02. The van der Waals surface area contributed by atoms with Gasteiger partial charge in [-0.2, -0.15) is 0 Å². The van der Waals surface area contributed by atoms with Gasteiger partial charge in [-0.3, -0.25) is 4.79 Å². The highest BCUT2D eigenvalue weighted by molar-refractivity contribution is 9.10. The minimum Gasteiger partial charge on any atom is -0.398 e. The first-order chi connectivity index (χ1) is 8.63. The van der Waals surface area contributed by atoms with Gasteiger partial charge in [0.1, 0.15) is 0 Å². The van der Waals surface area contributed by atoms with Crippen molar-refractivity contribution in [2.24, 2.45) is 0 Å². The molecule has 0 aromatic heterocycles. The molecule has 1 aromatic rings. The van der Waals surface area contributed by atoms with Crippen molar-refractivity contribution in [2.45, 2.75) is 25.3 Å². The van der Waals surface area contributed by atoms with Gasteiger partial charge in [-0.25, -0.2) is 0 Å². The Kier molecular flexibility index (Phi) is 4.24. The summed E-state index contributed by atoms with van der Waals surface area (Å²) >= 11 is 3.35. The molecule has 1 amide bonds. The molecule has 5 heteroatoms. The highest BCUT2D eigenvalue weighted by atomic mass is 79.9. The fourth-order valence-electron chi connectivity index (χ4n) is 2.33. The monoisotopic (exact) mass is 312 g/mol. The third-order valence-corrected chi connectivity index (χ3v) is 3.84. The van der Waals surface area contributed by atoms with E-state index in [1.807, 2.05) is 6.07 Å². The van der Waals surface area contributed by atoms with Gasteiger partial charge in [0.25, 0.3) is 5.91 Å². The second-order valence-electron chi connectivity index (χ2n) is 4.56. The van der Waals surface area contributed by atoms with Crippen molar-refractivity contribution in [1.29, 1.82) is 0 Å². The number of nitrogens with two attached hydrogens (primary N) is 1. The van der Waals surface area contributed by atoms with Crippen molar-refractivity contribution in [3.05, 3.63) is 28.2 Å². The molecule has 0 saturated carbocycles. The number of nitrogen functional groups attached to an aromatic ring is 1. The number of piperidine rings is 1. The van der Waals surface area contributed by atoms with Gasteiger partial charge >= 0.3 is 0 Å². The molecule has 3 N–H and O–H groups in total. The van der Waals surface area contributed by atoms with Crippen LogP contribution >= 0.6 is 15.9 Å². The summed E-state index contributed by atoms with van der Waals surface area (Å²) in [7, 11) is 0. The normalized spacial score (nSPS) is 19.9. The number of hydrogen-bond acceptors (Lipinski definition) is 3. The van der Waals surface area contributed by atoms with Crippen LogP contribution in [-0.2, 0) is 0 Å². The van der Waals surface area contributed by atoms with E-state index in [0.29, 0.717) is 17.8 Å². The lowest BCUT2D eigenvalue weighted by atomic mass is 10.0. The quantitative estimate of drug-likeness (QED) is 0.821. The van der Waals surface area contributed by atoms with E-state index in [2.05, 4.69) is 15.9 Å². The second kappa shape index (κ2) is 5.71. The van der Waals surface area contributed by atoms with E-state index in [1.165, 1.54) is 0 Å². The molecule has 1 heterocycles.